The fourth-order valence-corrected chi connectivity index (χ4v) is 3.17. The topological polar surface area (TPSA) is 46.0 Å². The van der Waals surface area contributed by atoms with E-state index in [9.17, 15) is 0 Å². The molecule has 0 bridgehead atoms. The van der Waals surface area contributed by atoms with E-state index < -0.39 is 0 Å². The van der Waals surface area contributed by atoms with Crippen LogP contribution in [0.1, 0.15) is 36.6 Å². The summed E-state index contributed by atoms with van der Waals surface area (Å²) in [5.41, 5.74) is 2.60. The van der Waals surface area contributed by atoms with Gasteiger partial charge in [0.2, 0.25) is 0 Å². The van der Waals surface area contributed by atoms with Gasteiger partial charge in [-0.05, 0) is 25.0 Å². The van der Waals surface area contributed by atoms with E-state index in [0.717, 1.165) is 37.6 Å². The lowest BCUT2D eigenvalue weighted by molar-refractivity contribution is 0.559. The minimum absolute atomic E-state index is 0.319. The molecule has 1 atom stereocenters. The lowest BCUT2D eigenvalue weighted by atomic mass is 10.1. The van der Waals surface area contributed by atoms with Crippen LogP contribution in [0.5, 0.6) is 0 Å². The molecule has 0 fully saturated rings. The number of nitrogens with zero attached hydrogens (tertiary/aromatic N) is 4. The van der Waals surface area contributed by atoms with Crippen LogP contribution in [-0.4, -0.2) is 35.4 Å². The molecule has 0 amide bonds. The van der Waals surface area contributed by atoms with Gasteiger partial charge in [-0.15, -0.1) is 10.2 Å². The van der Waals surface area contributed by atoms with Crippen LogP contribution in [-0.2, 0) is 19.4 Å². The van der Waals surface area contributed by atoms with Gasteiger partial charge >= 0.3 is 0 Å². The third-order valence-corrected chi connectivity index (χ3v) is 4.37. The molecule has 0 saturated carbocycles. The number of aromatic nitrogens is 3. The van der Waals surface area contributed by atoms with E-state index in [1.54, 1.807) is 0 Å². The highest BCUT2D eigenvalue weighted by Gasteiger charge is 2.17. The maximum Gasteiger partial charge on any atom is 0.134 e. The third-order valence-electron chi connectivity index (χ3n) is 4.37. The van der Waals surface area contributed by atoms with E-state index in [1.165, 1.54) is 17.7 Å². The van der Waals surface area contributed by atoms with Gasteiger partial charge in [0, 0.05) is 51.8 Å². The number of aryl methyl sites for hydroxylation is 1. The summed E-state index contributed by atoms with van der Waals surface area (Å²) in [7, 11) is 4.18. The van der Waals surface area contributed by atoms with Crippen molar-refractivity contribution >= 4 is 5.69 Å². The maximum absolute atomic E-state index is 4.32. The van der Waals surface area contributed by atoms with E-state index in [1.807, 2.05) is 0 Å². The van der Waals surface area contributed by atoms with Crippen LogP contribution in [0.15, 0.2) is 24.3 Å². The van der Waals surface area contributed by atoms with Gasteiger partial charge in [-0.2, -0.15) is 0 Å². The van der Waals surface area contributed by atoms with E-state index in [2.05, 4.69) is 70.3 Å². The molecule has 2 heterocycles. The molecule has 1 N–H and O–H groups in total. The first-order chi connectivity index (χ1) is 10.7. The van der Waals surface area contributed by atoms with Crippen molar-refractivity contribution in [2.24, 2.45) is 0 Å². The van der Waals surface area contributed by atoms with Crippen LogP contribution >= 0.6 is 0 Å². The van der Waals surface area contributed by atoms with Crippen molar-refractivity contribution in [1.29, 1.82) is 0 Å². The molecular formula is C17H25N5. The second-order valence-electron chi connectivity index (χ2n) is 6.17. The lowest BCUT2D eigenvalue weighted by Crippen LogP contribution is -2.24. The minimum Gasteiger partial charge on any atom is -0.377 e. The van der Waals surface area contributed by atoms with Crippen molar-refractivity contribution in [3.05, 3.63) is 41.5 Å². The molecule has 0 aliphatic carbocycles. The molecule has 22 heavy (non-hydrogen) atoms. The lowest BCUT2D eigenvalue weighted by Gasteiger charge is -2.22. The maximum atomic E-state index is 4.32. The Labute approximate surface area is 132 Å². The molecule has 5 heteroatoms. The van der Waals surface area contributed by atoms with Gasteiger partial charge in [0.1, 0.15) is 11.6 Å². The van der Waals surface area contributed by atoms with E-state index in [4.69, 9.17) is 0 Å². The van der Waals surface area contributed by atoms with Crippen molar-refractivity contribution in [3.8, 4) is 0 Å². The van der Waals surface area contributed by atoms with Crippen LogP contribution < -0.4 is 10.2 Å². The Morgan fingerprint density at radius 1 is 1.27 bits per heavy atom. The summed E-state index contributed by atoms with van der Waals surface area (Å²) in [4.78, 5) is 2.17. The Bertz CT molecular complexity index is 632. The predicted molar refractivity (Wildman–Crippen MR) is 89.2 cm³/mol. The number of anilines is 1. The molecule has 0 spiro atoms. The Balaban J connectivity index is 1.59. The number of rotatable bonds is 6. The molecule has 0 radical (unpaired) electrons. The average Bonchev–Trinajstić information content (AvgIpc) is 3.11. The van der Waals surface area contributed by atoms with Crippen LogP contribution in [0.2, 0.25) is 0 Å². The van der Waals surface area contributed by atoms with Gasteiger partial charge in [-0.1, -0.05) is 18.2 Å². The zero-order valence-corrected chi connectivity index (χ0v) is 13.7. The van der Waals surface area contributed by atoms with Gasteiger partial charge in [-0.25, -0.2) is 0 Å². The quantitative estimate of drug-likeness (QED) is 0.888. The van der Waals surface area contributed by atoms with Crippen LogP contribution in [0, 0.1) is 0 Å². The smallest absolute Gasteiger partial charge is 0.134 e. The number of fused-ring (bicyclic) bond motifs is 1. The summed E-state index contributed by atoms with van der Waals surface area (Å²) in [6.45, 7) is 4.22. The molecule has 2 aromatic rings. The molecule has 118 valence electrons. The number of hydrogen-bond donors (Lipinski definition) is 1. The van der Waals surface area contributed by atoms with Crippen LogP contribution in [0.3, 0.4) is 0 Å². The fourth-order valence-electron chi connectivity index (χ4n) is 3.17. The van der Waals surface area contributed by atoms with Gasteiger partial charge in [-0.3, -0.25) is 0 Å². The summed E-state index contributed by atoms with van der Waals surface area (Å²) in [6.07, 6.45) is 3.21. The molecule has 0 saturated heterocycles. The Morgan fingerprint density at radius 2 is 2.09 bits per heavy atom. The molecule has 1 aliphatic rings. The molecule has 1 aromatic heterocycles. The largest absolute Gasteiger partial charge is 0.377 e. The minimum atomic E-state index is 0.319. The summed E-state index contributed by atoms with van der Waals surface area (Å²) in [5.74, 6) is 2.27. The van der Waals surface area contributed by atoms with E-state index in [-0.39, 0.29) is 0 Å². The van der Waals surface area contributed by atoms with Crippen molar-refractivity contribution in [2.75, 3.05) is 25.5 Å². The summed E-state index contributed by atoms with van der Waals surface area (Å²) in [6, 6.07) is 8.87. The highest BCUT2D eigenvalue weighted by Crippen LogP contribution is 2.24. The molecule has 1 unspecified atom stereocenters. The predicted octanol–water partition coefficient (Wildman–Crippen LogP) is 2.18. The summed E-state index contributed by atoms with van der Waals surface area (Å²) in [5, 5.41) is 12.2. The fraction of sp³-hybridized carbons (Fsp3) is 0.529. The normalized spacial score (nSPS) is 14.9. The first-order valence-corrected chi connectivity index (χ1v) is 8.07. The third kappa shape index (κ3) is 2.99. The van der Waals surface area contributed by atoms with Gasteiger partial charge in [0.05, 0.1) is 0 Å². The van der Waals surface area contributed by atoms with Gasteiger partial charge < -0.3 is 14.8 Å². The zero-order valence-electron chi connectivity index (χ0n) is 13.7. The van der Waals surface area contributed by atoms with Gasteiger partial charge in [0.15, 0.2) is 0 Å². The molecular weight excluding hydrogens is 274 g/mol. The highest BCUT2D eigenvalue weighted by molar-refractivity contribution is 5.53. The van der Waals surface area contributed by atoms with E-state index >= 15 is 0 Å². The van der Waals surface area contributed by atoms with Crippen LogP contribution in [0.25, 0.3) is 0 Å². The Hall–Kier alpha value is -1.88. The highest BCUT2D eigenvalue weighted by atomic mass is 15.3. The molecule has 1 aromatic carbocycles. The number of hydrogen-bond acceptors (Lipinski definition) is 4. The number of nitrogens with one attached hydrogen (secondary N) is 1. The number of benzene rings is 1. The monoisotopic (exact) mass is 299 g/mol. The first-order valence-electron chi connectivity index (χ1n) is 8.07. The Kier molecular flexibility index (Phi) is 4.43. The van der Waals surface area contributed by atoms with Crippen molar-refractivity contribution in [3.63, 3.8) is 0 Å². The van der Waals surface area contributed by atoms with E-state index in [0.29, 0.717) is 6.04 Å². The van der Waals surface area contributed by atoms with Gasteiger partial charge in [0.25, 0.3) is 0 Å². The van der Waals surface area contributed by atoms with Crippen molar-refractivity contribution in [1.82, 2.24) is 20.1 Å². The average molecular weight is 299 g/mol. The first kappa shape index (κ1) is 15.0. The van der Waals surface area contributed by atoms with Crippen molar-refractivity contribution in [2.45, 2.75) is 38.8 Å². The SMILES string of the molecule is CC(NCCc1nnc2n1CCC2)c1ccccc1N(C)C. The molecule has 1 aliphatic heterocycles. The Morgan fingerprint density at radius 3 is 2.91 bits per heavy atom. The standard InChI is InChI=1S/C17H25N5/c1-13(14-7-4-5-8-15(14)21(2)3)18-11-10-17-20-19-16-9-6-12-22(16)17/h4-5,7-8,13,18H,6,9-12H2,1-3H3. The summed E-state index contributed by atoms with van der Waals surface area (Å²) >= 11 is 0. The number of para-hydroxylation sites is 1. The van der Waals surface area contributed by atoms with Crippen LogP contribution in [0.4, 0.5) is 5.69 Å². The second kappa shape index (κ2) is 6.48. The molecule has 3 rings (SSSR count). The zero-order chi connectivity index (χ0) is 15.5. The van der Waals surface area contributed by atoms with Crippen molar-refractivity contribution < 1.29 is 0 Å². The summed E-state index contributed by atoms with van der Waals surface area (Å²) < 4.78 is 2.28. The second-order valence-corrected chi connectivity index (χ2v) is 6.17. The molecule has 5 nitrogen and oxygen atoms in total.